The zero-order valence-electron chi connectivity index (χ0n) is 41.3. The van der Waals surface area contributed by atoms with E-state index in [0.29, 0.717) is 17.4 Å². The van der Waals surface area contributed by atoms with Gasteiger partial charge in [0, 0.05) is 12.8 Å². The first-order valence-corrected chi connectivity index (χ1v) is 27.5. The number of hydrogen-bond donors (Lipinski definition) is 0. The standard InChI is InChI=1S/C52H100NO8P/c1-6-8-10-12-14-16-18-20-21-22-23-24-25-26-27-28-29-30-31-33-35-37-39-41-43-45-52(55)61-50(49-60-62(56,57)59-47-46-53(3,4)5)48-58-51(54)44-42-40-38-36-34-32-19-17-15-13-11-9-7-2/h17,19,22-23,50H,6-16,18,20-21,24-49H2,1-5H3/b19-17-,23-22-. The Bertz CT molecular complexity index is 1110. The van der Waals surface area contributed by atoms with E-state index in [1.807, 2.05) is 21.1 Å². The van der Waals surface area contributed by atoms with Gasteiger partial charge in [-0.1, -0.05) is 192 Å². The summed E-state index contributed by atoms with van der Waals surface area (Å²) in [6.07, 6.45) is 50.7. The fourth-order valence-corrected chi connectivity index (χ4v) is 8.08. The van der Waals surface area contributed by atoms with Gasteiger partial charge in [-0.25, -0.2) is 0 Å². The quantitative estimate of drug-likeness (QED) is 0.0195. The van der Waals surface area contributed by atoms with Gasteiger partial charge >= 0.3 is 11.9 Å². The Kier molecular flexibility index (Phi) is 43.6. The number of carbonyl (C=O) groups is 2. The molecule has 10 heteroatoms. The van der Waals surface area contributed by atoms with Gasteiger partial charge < -0.3 is 27.9 Å². The van der Waals surface area contributed by atoms with Crippen molar-refractivity contribution in [2.75, 3.05) is 47.5 Å². The maximum Gasteiger partial charge on any atom is 0.306 e. The van der Waals surface area contributed by atoms with Crippen molar-refractivity contribution >= 4 is 19.8 Å². The van der Waals surface area contributed by atoms with Crippen LogP contribution in [0.1, 0.15) is 245 Å². The number of nitrogens with zero attached hydrogens (tertiary/aromatic N) is 1. The van der Waals surface area contributed by atoms with Crippen molar-refractivity contribution in [1.82, 2.24) is 0 Å². The molecule has 62 heavy (non-hydrogen) atoms. The van der Waals surface area contributed by atoms with Gasteiger partial charge in [-0.15, -0.1) is 0 Å². The van der Waals surface area contributed by atoms with Crippen LogP contribution in [0.4, 0.5) is 0 Å². The summed E-state index contributed by atoms with van der Waals surface area (Å²) in [7, 11) is 1.17. The number of phosphoric acid groups is 1. The number of allylic oxidation sites excluding steroid dienone is 4. The first-order valence-electron chi connectivity index (χ1n) is 26.0. The molecule has 0 saturated carbocycles. The Balaban J connectivity index is 4.15. The number of phosphoric ester groups is 1. The van der Waals surface area contributed by atoms with E-state index in [1.165, 1.54) is 154 Å². The molecular formula is C52H100NO8P. The van der Waals surface area contributed by atoms with E-state index in [-0.39, 0.29) is 32.0 Å². The molecule has 2 unspecified atom stereocenters. The molecule has 0 aliphatic carbocycles. The summed E-state index contributed by atoms with van der Waals surface area (Å²) in [6, 6.07) is 0. The molecule has 0 rings (SSSR count). The van der Waals surface area contributed by atoms with E-state index in [0.717, 1.165) is 57.8 Å². The lowest BCUT2D eigenvalue weighted by Crippen LogP contribution is -2.37. The fourth-order valence-electron chi connectivity index (χ4n) is 7.35. The van der Waals surface area contributed by atoms with E-state index in [4.69, 9.17) is 18.5 Å². The highest BCUT2D eigenvalue weighted by Crippen LogP contribution is 2.38. The molecular weight excluding hydrogens is 798 g/mol. The zero-order valence-corrected chi connectivity index (χ0v) is 42.2. The van der Waals surface area contributed by atoms with Crippen molar-refractivity contribution in [3.8, 4) is 0 Å². The Morgan fingerprint density at radius 2 is 0.823 bits per heavy atom. The second kappa shape index (κ2) is 44.7. The number of unbranched alkanes of at least 4 members (excludes halogenated alkanes) is 30. The molecule has 0 heterocycles. The Hall–Kier alpha value is -1.51. The highest BCUT2D eigenvalue weighted by molar-refractivity contribution is 7.45. The second-order valence-corrected chi connectivity index (χ2v) is 20.3. The molecule has 366 valence electrons. The molecule has 0 amide bonds. The molecule has 0 aliphatic heterocycles. The van der Waals surface area contributed by atoms with Crippen LogP contribution in [-0.4, -0.2) is 70.0 Å². The normalized spacial score (nSPS) is 13.6. The van der Waals surface area contributed by atoms with Crippen molar-refractivity contribution in [3.63, 3.8) is 0 Å². The molecule has 0 fully saturated rings. The summed E-state index contributed by atoms with van der Waals surface area (Å²) >= 11 is 0. The average molecular weight is 898 g/mol. The lowest BCUT2D eigenvalue weighted by molar-refractivity contribution is -0.870. The van der Waals surface area contributed by atoms with Crippen LogP contribution in [0.15, 0.2) is 24.3 Å². The molecule has 0 radical (unpaired) electrons. The highest BCUT2D eigenvalue weighted by atomic mass is 31.2. The number of carbonyl (C=O) groups excluding carboxylic acids is 2. The third-order valence-corrected chi connectivity index (χ3v) is 12.4. The number of esters is 2. The van der Waals surface area contributed by atoms with Crippen molar-refractivity contribution in [1.29, 1.82) is 0 Å². The Morgan fingerprint density at radius 1 is 0.484 bits per heavy atom. The largest absolute Gasteiger partial charge is 0.756 e. The third kappa shape index (κ3) is 48.0. The van der Waals surface area contributed by atoms with Crippen molar-refractivity contribution < 1.29 is 42.1 Å². The molecule has 0 saturated heterocycles. The topological polar surface area (TPSA) is 111 Å². The second-order valence-electron chi connectivity index (χ2n) is 18.9. The van der Waals surface area contributed by atoms with E-state index < -0.39 is 26.5 Å². The van der Waals surface area contributed by atoms with Gasteiger partial charge in [-0.3, -0.25) is 14.2 Å². The van der Waals surface area contributed by atoms with Gasteiger partial charge in [-0.2, -0.15) is 0 Å². The van der Waals surface area contributed by atoms with Crippen molar-refractivity contribution in [3.05, 3.63) is 24.3 Å². The summed E-state index contributed by atoms with van der Waals surface area (Å²) < 4.78 is 34.0. The van der Waals surface area contributed by atoms with E-state index in [2.05, 4.69) is 38.2 Å². The summed E-state index contributed by atoms with van der Waals surface area (Å²) in [5.74, 6) is -0.835. The van der Waals surface area contributed by atoms with Gasteiger partial charge in [0.2, 0.25) is 0 Å². The lowest BCUT2D eigenvalue weighted by Gasteiger charge is -2.28. The van der Waals surface area contributed by atoms with Crippen LogP contribution in [0.5, 0.6) is 0 Å². The van der Waals surface area contributed by atoms with Crippen molar-refractivity contribution in [2.24, 2.45) is 0 Å². The first-order chi connectivity index (χ1) is 30.0. The molecule has 2 atom stereocenters. The minimum absolute atomic E-state index is 0.0303. The predicted octanol–water partition coefficient (Wildman–Crippen LogP) is 14.8. The Morgan fingerprint density at radius 3 is 1.21 bits per heavy atom. The molecule has 0 aliphatic rings. The lowest BCUT2D eigenvalue weighted by atomic mass is 10.0. The van der Waals surface area contributed by atoms with Crippen LogP contribution in [0.2, 0.25) is 0 Å². The maximum absolute atomic E-state index is 12.7. The molecule has 0 aromatic rings. The molecule has 0 bridgehead atoms. The summed E-state index contributed by atoms with van der Waals surface area (Å²) in [5, 5.41) is 0. The summed E-state index contributed by atoms with van der Waals surface area (Å²) in [5.41, 5.74) is 0. The van der Waals surface area contributed by atoms with Gasteiger partial charge in [-0.05, 0) is 64.2 Å². The average Bonchev–Trinajstić information content (AvgIpc) is 3.23. The van der Waals surface area contributed by atoms with Crippen LogP contribution in [0, 0.1) is 0 Å². The third-order valence-electron chi connectivity index (χ3n) is 11.4. The smallest absolute Gasteiger partial charge is 0.306 e. The predicted molar refractivity (Wildman–Crippen MR) is 259 cm³/mol. The SMILES string of the molecule is CCCCCC/C=C\CCCCCCCC(=O)OCC(COP(=O)([O-])OCC[N+](C)(C)C)OC(=O)CCCCCCCCCCCCCCC/C=C\CCCCCCCCCC. The van der Waals surface area contributed by atoms with E-state index >= 15 is 0 Å². The number of likely N-dealkylation sites (N-methyl/N-ethyl adjacent to an activating group) is 1. The monoisotopic (exact) mass is 898 g/mol. The van der Waals surface area contributed by atoms with Crippen LogP contribution in [-0.2, 0) is 32.7 Å². The summed E-state index contributed by atoms with van der Waals surface area (Å²) in [4.78, 5) is 37.7. The number of ether oxygens (including phenoxy) is 2. The Labute approximate surface area is 383 Å². The minimum atomic E-state index is -4.63. The fraction of sp³-hybridized carbons (Fsp3) is 0.885. The van der Waals surface area contributed by atoms with Crippen molar-refractivity contribution in [2.45, 2.75) is 251 Å². The first kappa shape index (κ1) is 60.5. The number of hydrogen-bond acceptors (Lipinski definition) is 8. The van der Waals surface area contributed by atoms with E-state index in [9.17, 15) is 19.0 Å². The van der Waals surface area contributed by atoms with E-state index in [1.54, 1.807) is 0 Å². The number of rotatable bonds is 48. The van der Waals surface area contributed by atoms with Gasteiger partial charge in [0.1, 0.15) is 19.8 Å². The minimum Gasteiger partial charge on any atom is -0.756 e. The molecule has 0 aromatic carbocycles. The number of quaternary nitrogens is 1. The van der Waals surface area contributed by atoms with Crippen LogP contribution < -0.4 is 4.89 Å². The maximum atomic E-state index is 12.7. The van der Waals surface area contributed by atoms with Crippen LogP contribution in [0.25, 0.3) is 0 Å². The van der Waals surface area contributed by atoms with Crippen LogP contribution in [0.3, 0.4) is 0 Å². The molecule has 0 spiro atoms. The zero-order chi connectivity index (χ0) is 45.7. The van der Waals surface area contributed by atoms with Gasteiger partial charge in [0.05, 0.1) is 27.7 Å². The van der Waals surface area contributed by atoms with Crippen LogP contribution >= 0.6 is 7.82 Å². The molecule has 0 aromatic heterocycles. The molecule has 9 nitrogen and oxygen atoms in total. The van der Waals surface area contributed by atoms with Gasteiger partial charge in [0.15, 0.2) is 6.10 Å². The highest BCUT2D eigenvalue weighted by Gasteiger charge is 2.21. The van der Waals surface area contributed by atoms with Gasteiger partial charge in [0.25, 0.3) is 7.82 Å². The summed E-state index contributed by atoms with van der Waals surface area (Å²) in [6.45, 7) is 4.23. The molecule has 0 N–H and O–H groups in total.